The molecule has 0 amide bonds. The molecule has 10 heteroatoms. The Labute approximate surface area is 383 Å². The fourth-order valence-corrected chi connectivity index (χ4v) is 7.40. The second-order valence-corrected chi connectivity index (χ2v) is 17.2. The van der Waals surface area contributed by atoms with Crippen LogP contribution in [0.5, 0.6) is 0 Å². The molecular formula is C53H92O10. The van der Waals surface area contributed by atoms with Crippen LogP contribution in [-0.4, -0.2) is 89.0 Å². The highest BCUT2D eigenvalue weighted by Crippen LogP contribution is 2.23. The molecule has 63 heavy (non-hydrogen) atoms. The van der Waals surface area contributed by atoms with Gasteiger partial charge in [-0.15, -0.1) is 0 Å². The Balaban J connectivity index is 2.28. The van der Waals surface area contributed by atoms with Gasteiger partial charge in [0.15, 0.2) is 12.4 Å². The van der Waals surface area contributed by atoms with Crippen molar-refractivity contribution in [3.8, 4) is 0 Å². The number of ether oxygens (including phenoxy) is 4. The number of allylic oxidation sites excluding steroid dienone is 10. The molecule has 2 unspecified atom stereocenters. The number of aliphatic hydroxyl groups is 4. The standard InChI is InChI=1S/C53H92O10/c1-3-5-7-9-11-13-15-17-19-20-21-22-23-24-25-26-28-29-31-33-35-37-39-41-48(55)60-44-46(45-61-53-52(59)51(58)50(57)47(43-54)63-53)62-49(56)42-40-38-36-34-32-30-27-18-16-14-12-10-8-6-4-2/h6,8,12,14,18,26-28,33,35,46-47,50-54,57-59H,3-5,7,9-11,13,15-17,19-25,29-32,34,36-45H2,1-2H3/b8-6+,14-12+,27-18+,28-26+,35-33+/t46-,47-,50+,51?,52?,53-/m0/s1. The highest BCUT2D eigenvalue weighted by Gasteiger charge is 2.44. The van der Waals surface area contributed by atoms with Gasteiger partial charge in [0, 0.05) is 12.8 Å². The molecule has 0 aliphatic carbocycles. The molecule has 0 aromatic rings. The Morgan fingerprint density at radius 1 is 0.508 bits per heavy atom. The molecule has 0 saturated carbocycles. The molecule has 1 aliphatic rings. The Kier molecular flexibility index (Phi) is 40.2. The SMILES string of the molecule is CC/C=C/C/C=C/C/C=C/CCCCCCCC(=O)O[C@@H](COC(=O)CCC/C=C/CC/C=C/CCCCCCCCCCCCCCCC)CO[C@H]1O[C@@H](CO)[C@@H](O)C(O)C1O. The molecule has 0 bridgehead atoms. The van der Waals surface area contributed by atoms with E-state index in [1.807, 2.05) is 0 Å². The third-order valence-corrected chi connectivity index (χ3v) is 11.4. The van der Waals surface area contributed by atoms with E-state index >= 15 is 0 Å². The minimum absolute atomic E-state index is 0.200. The maximum Gasteiger partial charge on any atom is 0.306 e. The molecule has 1 fully saturated rings. The van der Waals surface area contributed by atoms with Crippen LogP contribution >= 0.6 is 0 Å². The lowest BCUT2D eigenvalue weighted by Gasteiger charge is -2.39. The maximum absolute atomic E-state index is 12.8. The predicted molar refractivity (Wildman–Crippen MR) is 256 cm³/mol. The van der Waals surface area contributed by atoms with E-state index in [4.69, 9.17) is 18.9 Å². The van der Waals surface area contributed by atoms with Crippen LogP contribution in [-0.2, 0) is 28.5 Å². The van der Waals surface area contributed by atoms with Crippen molar-refractivity contribution in [1.82, 2.24) is 0 Å². The van der Waals surface area contributed by atoms with Crippen LogP contribution in [0.1, 0.15) is 206 Å². The van der Waals surface area contributed by atoms with E-state index in [0.29, 0.717) is 12.8 Å². The zero-order valence-corrected chi connectivity index (χ0v) is 39.8. The van der Waals surface area contributed by atoms with E-state index < -0.39 is 55.4 Å². The summed E-state index contributed by atoms with van der Waals surface area (Å²) in [5.41, 5.74) is 0. The lowest BCUT2D eigenvalue weighted by atomic mass is 9.99. The summed E-state index contributed by atoms with van der Waals surface area (Å²) in [6.07, 6.45) is 46.7. The first kappa shape index (κ1) is 58.4. The van der Waals surface area contributed by atoms with Gasteiger partial charge in [-0.2, -0.15) is 0 Å². The Morgan fingerprint density at radius 3 is 1.52 bits per heavy atom. The highest BCUT2D eigenvalue weighted by molar-refractivity contribution is 5.70. The Morgan fingerprint density at radius 2 is 0.968 bits per heavy atom. The zero-order valence-electron chi connectivity index (χ0n) is 39.8. The quantitative estimate of drug-likeness (QED) is 0.0265. The molecule has 1 heterocycles. The first-order chi connectivity index (χ1) is 30.8. The molecule has 1 rings (SSSR count). The normalized spacial score (nSPS) is 20.0. The van der Waals surface area contributed by atoms with Crippen molar-refractivity contribution in [3.63, 3.8) is 0 Å². The second-order valence-electron chi connectivity index (χ2n) is 17.2. The first-order valence-electron chi connectivity index (χ1n) is 25.4. The van der Waals surface area contributed by atoms with Crippen molar-refractivity contribution >= 4 is 11.9 Å². The summed E-state index contributed by atoms with van der Waals surface area (Å²) in [5, 5.41) is 40.2. The Bertz CT molecular complexity index is 1210. The molecule has 0 aromatic heterocycles. The van der Waals surface area contributed by atoms with Gasteiger partial charge in [0.25, 0.3) is 0 Å². The summed E-state index contributed by atoms with van der Waals surface area (Å²) < 4.78 is 22.2. The maximum atomic E-state index is 12.8. The number of carbonyl (C=O) groups is 2. The molecule has 0 spiro atoms. The summed E-state index contributed by atoms with van der Waals surface area (Å²) in [5.74, 6) is -0.876. The lowest BCUT2D eigenvalue weighted by Crippen LogP contribution is -2.59. The van der Waals surface area contributed by atoms with Crippen LogP contribution in [0.25, 0.3) is 0 Å². The fraction of sp³-hybridized carbons (Fsp3) is 0.774. The minimum atomic E-state index is -1.61. The number of rotatable bonds is 42. The van der Waals surface area contributed by atoms with Gasteiger partial charge in [-0.05, 0) is 77.0 Å². The van der Waals surface area contributed by atoms with Crippen LogP contribution < -0.4 is 0 Å². The van der Waals surface area contributed by atoms with Crippen molar-refractivity contribution in [1.29, 1.82) is 0 Å². The van der Waals surface area contributed by atoms with Crippen LogP contribution in [0.2, 0.25) is 0 Å². The lowest BCUT2D eigenvalue weighted by molar-refractivity contribution is -0.305. The molecule has 10 nitrogen and oxygen atoms in total. The molecule has 6 atom stereocenters. The molecule has 1 saturated heterocycles. The minimum Gasteiger partial charge on any atom is -0.462 e. The molecule has 0 aromatic carbocycles. The van der Waals surface area contributed by atoms with Gasteiger partial charge in [-0.1, -0.05) is 177 Å². The molecule has 0 radical (unpaired) electrons. The van der Waals surface area contributed by atoms with Gasteiger partial charge in [-0.3, -0.25) is 9.59 Å². The molecule has 364 valence electrons. The van der Waals surface area contributed by atoms with Gasteiger partial charge in [0.05, 0.1) is 13.2 Å². The highest BCUT2D eigenvalue weighted by atomic mass is 16.7. The first-order valence-corrected chi connectivity index (χ1v) is 25.4. The molecule has 4 N–H and O–H groups in total. The van der Waals surface area contributed by atoms with E-state index in [1.54, 1.807) is 0 Å². The van der Waals surface area contributed by atoms with Crippen LogP contribution in [0.3, 0.4) is 0 Å². The van der Waals surface area contributed by atoms with Crippen molar-refractivity contribution in [3.05, 3.63) is 60.8 Å². The average Bonchev–Trinajstić information content (AvgIpc) is 3.28. The van der Waals surface area contributed by atoms with E-state index in [1.165, 1.54) is 89.9 Å². The largest absolute Gasteiger partial charge is 0.462 e. The molecular weight excluding hydrogens is 797 g/mol. The predicted octanol–water partition coefficient (Wildman–Crippen LogP) is 11.8. The van der Waals surface area contributed by atoms with E-state index in [0.717, 1.165) is 77.0 Å². The van der Waals surface area contributed by atoms with Crippen molar-refractivity contribution in [2.45, 2.75) is 243 Å². The second kappa shape index (κ2) is 43.3. The van der Waals surface area contributed by atoms with Crippen LogP contribution in [0.15, 0.2) is 60.8 Å². The van der Waals surface area contributed by atoms with Gasteiger partial charge in [0.1, 0.15) is 31.0 Å². The van der Waals surface area contributed by atoms with Crippen molar-refractivity contribution in [2.24, 2.45) is 0 Å². The number of unbranched alkanes of at least 4 members (excludes halogenated alkanes) is 21. The summed E-state index contributed by atoms with van der Waals surface area (Å²) in [4.78, 5) is 25.4. The number of carbonyl (C=O) groups excluding carboxylic acids is 2. The average molecular weight is 889 g/mol. The van der Waals surface area contributed by atoms with Gasteiger partial charge in [-0.25, -0.2) is 0 Å². The van der Waals surface area contributed by atoms with Gasteiger partial charge < -0.3 is 39.4 Å². The zero-order chi connectivity index (χ0) is 45.9. The third kappa shape index (κ3) is 34.4. The summed E-state index contributed by atoms with van der Waals surface area (Å²) in [6, 6.07) is 0. The Hall–Kier alpha value is -2.60. The number of esters is 2. The third-order valence-electron chi connectivity index (χ3n) is 11.4. The summed E-state index contributed by atoms with van der Waals surface area (Å²) in [6.45, 7) is 3.27. The monoisotopic (exact) mass is 889 g/mol. The van der Waals surface area contributed by atoms with Crippen LogP contribution in [0, 0.1) is 0 Å². The van der Waals surface area contributed by atoms with E-state index in [-0.39, 0.29) is 26.1 Å². The fourth-order valence-electron chi connectivity index (χ4n) is 7.40. The van der Waals surface area contributed by atoms with Crippen molar-refractivity contribution < 1.29 is 49.0 Å². The molecule has 1 aliphatic heterocycles. The number of hydrogen-bond acceptors (Lipinski definition) is 10. The van der Waals surface area contributed by atoms with E-state index in [2.05, 4.69) is 74.6 Å². The van der Waals surface area contributed by atoms with Gasteiger partial charge in [0.2, 0.25) is 0 Å². The van der Waals surface area contributed by atoms with Crippen molar-refractivity contribution in [2.75, 3.05) is 19.8 Å². The smallest absolute Gasteiger partial charge is 0.306 e. The van der Waals surface area contributed by atoms with Crippen LogP contribution in [0.4, 0.5) is 0 Å². The summed E-state index contributed by atoms with van der Waals surface area (Å²) >= 11 is 0. The van der Waals surface area contributed by atoms with E-state index in [9.17, 15) is 30.0 Å². The number of aliphatic hydroxyl groups excluding tert-OH is 4. The summed E-state index contributed by atoms with van der Waals surface area (Å²) in [7, 11) is 0. The number of hydrogen-bond donors (Lipinski definition) is 4. The van der Waals surface area contributed by atoms with Gasteiger partial charge >= 0.3 is 11.9 Å². The topological polar surface area (TPSA) is 152 Å².